The number of amides is 1. The number of rotatable bonds is 3. The molecule has 3 aromatic rings. The number of primary amides is 1. The second-order valence-electron chi connectivity index (χ2n) is 6.78. The number of nitrogens with one attached hydrogen (secondary N) is 1. The lowest BCUT2D eigenvalue weighted by Crippen LogP contribution is -2.12. The van der Waals surface area contributed by atoms with Crippen molar-refractivity contribution in [1.82, 2.24) is 4.98 Å². The van der Waals surface area contributed by atoms with Gasteiger partial charge in [-0.1, -0.05) is 0 Å². The number of halogens is 2. The van der Waals surface area contributed by atoms with Crippen molar-refractivity contribution in [3.8, 4) is 11.1 Å². The molecular weight excluding hydrogens is 374 g/mol. The van der Waals surface area contributed by atoms with Gasteiger partial charge in [-0.15, -0.1) is 0 Å². The van der Waals surface area contributed by atoms with E-state index in [1.165, 1.54) is 12.1 Å². The molecule has 4 rings (SSSR count). The van der Waals surface area contributed by atoms with Gasteiger partial charge >= 0.3 is 0 Å². The first-order valence-corrected chi connectivity index (χ1v) is 10.2. The summed E-state index contributed by atoms with van der Waals surface area (Å²) in [6.45, 7) is 0. The molecule has 0 spiro atoms. The van der Waals surface area contributed by atoms with Crippen LogP contribution in [0.2, 0.25) is 0 Å². The number of carbonyl (C=O) groups excluding carboxylic acids is 1. The highest BCUT2D eigenvalue weighted by molar-refractivity contribution is 7.91. The Morgan fingerprint density at radius 1 is 1.19 bits per heavy atom. The third kappa shape index (κ3) is 3.10. The van der Waals surface area contributed by atoms with Crippen LogP contribution in [0.5, 0.6) is 0 Å². The van der Waals surface area contributed by atoms with Gasteiger partial charge in [0, 0.05) is 29.1 Å². The molecule has 1 aliphatic rings. The Hall–Kier alpha value is -2.74. The van der Waals surface area contributed by atoms with Crippen LogP contribution in [0.3, 0.4) is 0 Å². The van der Waals surface area contributed by atoms with Crippen molar-refractivity contribution in [3.63, 3.8) is 0 Å². The molecule has 5 nitrogen and oxygen atoms in total. The molecule has 140 valence electrons. The minimum Gasteiger partial charge on any atom is -0.366 e. The number of nitrogens with two attached hydrogens (primary N) is 1. The van der Waals surface area contributed by atoms with Gasteiger partial charge in [0.15, 0.2) is 9.84 Å². The van der Waals surface area contributed by atoms with Crippen molar-refractivity contribution in [3.05, 3.63) is 59.3 Å². The quantitative estimate of drug-likeness (QED) is 0.720. The Kier molecular flexibility index (Phi) is 4.03. The molecule has 1 aliphatic heterocycles. The fourth-order valence-corrected chi connectivity index (χ4v) is 5.47. The van der Waals surface area contributed by atoms with Crippen molar-refractivity contribution < 1.29 is 22.0 Å². The number of aromatic amines is 1. The van der Waals surface area contributed by atoms with Gasteiger partial charge in [-0.25, -0.2) is 17.2 Å². The van der Waals surface area contributed by atoms with Crippen LogP contribution in [-0.4, -0.2) is 30.8 Å². The average Bonchev–Trinajstić information content (AvgIpc) is 3.16. The summed E-state index contributed by atoms with van der Waals surface area (Å²) in [5.41, 5.74) is 7.38. The Bertz CT molecular complexity index is 1190. The number of benzene rings is 2. The van der Waals surface area contributed by atoms with Gasteiger partial charge in [0.25, 0.3) is 5.91 Å². The summed E-state index contributed by atoms with van der Waals surface area (Å²) in [4.78, 5) is 14.9. The fourth-order valence-electron chi connectivity index (χ4n) is 3.70. The number of hydrogen-bond acceptors (Lipinski definition) is 3. The van der Waals surface area contributed by atoms with Gasteiger partial charge in [0.1, 0.15) is 11.6 Å². The lowest BCUT2D eigenvalue weighted by molar-refractivity contribution is 0.100. The molecule has 0 saturated carbocycles. The minimum absolute atomic E-state index is 0.0288. The first-order valence-electron chi connectivity index (χ1n) is 8.36. The zero-order valence-corrected chi connectivity index (χ0v) is 14.9. The van der Waals surface area contributed by atoms with E-state index in [9.17, 15) is 22.0 Å². The van der Waals surface area contributed by atoms with Crippen LogP contribution in [0.25, 0.3) is 22.0 Å². The molecule has 1 saturated heterocycles. The zero-order chi connectivity index (χ0) is 19.3. The van der Waals surface area contributed by atoms with Crippen molar-refractivity contribution >= 4 is 26.6 Å². The third-order valence-electron chi connectivity index (χ3n) is 5.00. The van der Waals surface area contributed by atoms with E-state index in [1.54, 1.807) is 12.3 Å². The molecule has 1 aromatic heterocycles. The normalized spacial score (nSPS) is 18.8. The molecule has 2 heterocycles. The maximum absolute atomic E-state index is 14.3. The molecule has 0 radical (unpaired) electrons. The van der Waals surface area contributed by atoms with Crippen LogP contribution >= 0.6 is 0 Å². The monoisotopic (exact) mass is 390 g/mol. The van der Waals surface area contributed by atoms with Crippen LogP contribution in [-0.2, 0) is 9.84 Å². The van der Waals surface area contributed by atoms with Gasteiger partial charge in [-0.3, -0.25) is 4.79 Å². The molecule has 1 atom stereocenters. The highest BCUT2D eigenvalue weighted by atomic mass is 32.2. The first kappa shape index (κ1) is 17.7. The summed E-state index contributed by atoms with van der Waals surface area (Å²) >= 11 is 0. The van der Waals surface area contributed by atoms with Crippen LogP contribution in [0.1, 0.15) is 28.3 Å². The van der Waals surface area contributed by atoms with Gasteiger partial charge in [0.05, 0.1) is 22.6 Å². The van der Waals surface area contributed by atoms with Gasteiger partial charge in [-0.05, 0) is 41.8 Å². The van der Waals surface area contributed by atoms with Gasteiger partial charge < -0.3 is 10.7 Å². The highest BCUT2D eigenvalue weighted by Gasteiger charge is 2.31. The molecule has 2 aromatic carbocycles. The fraction of sp³-hybridized carbons (Fsp3) is 0.211. The van der Waals surface area contributed by atoms with Crippen molar-refractivity contribution in [2.24, 2.45) is 5.73 Å². The summed E-state index contributed by atoms with van der Waals surface area (Å²) in [6, 6.07) is 6.32. The van der Waals surface area contributed by atoms with Crippen molar-refractivity contribution in [2.75, 3.05) is 11.5 Å². The number of H-pyrrole nitrogens is 1. The van der Waals surface area contributed by atoms with E-state index in [4.69, 9.17) is 5.73 Å². The standard InChI is InChI=1S/C19H16F2N2O3S/c20-12-1-2-13(17(21)7-12)11-5-14-16(10-3-4-27(25,26)9-10)8-23-18(14)15(6-11)19(22)24/h1-2,5-8,10,23H,3-4,9H2,(H2,22,24). The minimum atomic E-state index is -3.10. The SMILES string of the molecule is NC(=O)c1cc(-c2ccc(F)cc2F)cc2c(C3CCS(=O)(=O)C3)c[nH]c12. The highest BCUT2D eigenvalue weighted by Crippen LogP contribution is 2.37. The summed E-state index contributed by atoms with van der Waals surface area (Å²) in [7, 11) is -3.10. The Labute approximate surface area is 154 Å². The third-order valence-corrected chi connectivity index (χ3v) is 6.77. The molecule has 0 bridgehead atoms. The van der Waals surface area contributed by atoms with E-state index in [2.05, 4.69) is 4.98 Å². The summed E-state index contributed by atoms with van der Waals surface area (Å²) < 4.78 is 51.2. The number of aromatic nitrogens is 1. The molecule has 1 fully saturated rings. The lowest BCUT2D eigenvalue weighted by Gasteiger charge is -2.10. The number of carbonyl (C=O) groups is 1. The number of sulfone groups is 1. The van der Waals surface area contributed by atoms with Gasteiger partial charge in [0.2, 0.25) is 0 Å². The largest absolute Gasteiger partial charge is 0.366 e. The van der Waals surface area contributed by atoms with E-state index in [-0.39, 0.29) is 28.6 Å². The first-order chi connectivity index (χ1) is 12.7. The maximum Gasteiger partial charge on any atom is 0.250 e. The predicted octanol–water partition coefficient (Wildman–Crippen LogP) is 3.11. The van der Waals surface area contributed by atoms with Crippen molar-refractivity contribution in [1.29, 1.82) is 0 Å². The molecule has 27 heavy (non-hydrogen) atoms. The molecule has 0 aliphatic carbocycles. The topological polar surface area (TPSA) is 93.0 Å². The van der Waals surface area contributed by atoms with Crippen LogP contribution < -0.4 is 5.73 Å². The van der Waals surface area contributed by atoms with E-state index in [1.807, 2.05) is 0 Å². The van der Waals surface area contributed by atoms with Crippen LogP contribution in [0.15, 0.2) is 36.5 Å². The molecule has 1 amide bonds. The smallest absolute Gasteiger partial charge is 0.250 e. The predicted molar refractivity (Wildman–Crippen MR) is 98.2 cm³/mol. The van der Waals surface area contributed by atoms with E-state index in [0.717, 1.165) is 17.7 Å². The van der Waals surface area contributed by atoms with Gasteiger partial charge in [-0.2, -0.15) is 0 Å². The molecule has 8 heteroatoms. The van der Waals surface area contributed by atoms with Crippen molar-refractivity contribution in [2.45, 2.75) is 12.3 Å². The second-order valence-corrected chi connectivity index (χ2v) is 9.01. The number of hydrogen-bond donors (Lipinski definition) is 2. The second kappa shape index (κ2) is 6.16. The summed E-state index contributed by atoms with van der Waals surface area (Å²) in [5, 5.41) is 0.618. The van der Waals surface area contributed by atoms with Crippen LogP contribution in [0, 0.1) is 11.6 Å². The van der Waals surface area contributed by atoms with E-state index < -0.39 is 27.4 Å². The maximum atomic E-state index is 14.3. The Balaban J connectivity index is 1.94. The van der Waals surface area contributed by atoms with E-state index >= 15 is 0 Å². The molecule has 1 unspecified atom stereocenters. The summed E-state index contributed by atoms with van der Waals surface area (Å²) in [6.07, 6.45) is 2.16. The molecule has 3 N–H and O–H groups in total. The Morgan fingerprint density at radius 3 is 2.59 bits per heavy atom. The van der Waals surface area contributed by atoms with E-state index in [0.29, 0.717) is 22.9 Å². The average molecular weight is 390 g/mol. The Morgan fingerprint density at radius 2 is 1.96 bits per heavy atom. The lowest BCUT2D eigenvalue weighted by atomic mass is 9.93. The molecular formula is C19H16F2N2O3S. The van der Waals surface area contributed by atoms with Crippen LogP contribution in [0.4, 0.5) is 8.78 Å². The zero-order valence-electron chi connectivity index (χ0n) is 14.1. The number of fused-ring (bicyclic) bond motifs is 1. The summed E-state index contributed by atoms with van der Waals surface area (Å²) in [5.74, 6) is -2.23.